The van der Waals surface area contributed by atoms with Crippen LogP contribution in [0.1, 0.15) is 18.6 Å². The van der Waals surface area contributed by atoms with Crippen molar-refractivity contribution >= 4 is 0 Å². The van der Waals surface area contributed by atoms with Crippen molar-refractivity contribution in [1.29, 1.82) is 0 Å². The third-order valence-electron chi connectivity index (χ3n) is 2.35. The van der Waals surface area contributed by atoms with E-state index in [1.165, 1.54) is 0 Å². The van der Waals surface area contributed by atoms with Gasteiger partial charge in [-0.1, -0.05) is 0 Å². The van der Waals surface area contributed by atoms with Crippen molar-refractivity contribution in [1.82, 2.24) is 14.8 Å². The molecule has 5 nitrogen and oxygen atoms in total. The van der Waals surface area contributed by atoms with Gasteiger partial charge in [0.2, 0.25) is 0 Å². The minimum Gasteiger partial charge on any atom is -0.494 e. The molecule has 0 bridgehead atoms. The normalized spacial score (nSPS) is 10.5. The third kappa shape index (κ3) is 2.45. The highest BCUT2D eigenvalue weighted by Crippen LogP contribution is 2.16. The molecule has 2 aromatic rings. The Bertz CT molecular complexity index is 490. The molecule has 0 radical (unpaired) electrons. The van der Waals surface area contributed by atoms with Crippen LogP contribution in [0.4, 0.5) is 0 Å². The van der Waals surface area contributed by atoms with Gasteiger partial charge < -0.3 is 10.5 Å². The standard InChI is InChI=1S/C12H16N4O/c1-3-17-11-6-4-10(5-7-11)16-12(8-13)14-9(2)15-16/h4-7H,3,8,13H2,1-2H3. The van der Waals surface area contributed by atoms with Crippen molar-refractivity contribution in [2.75, 3.05) is 6.61 Å². The first-order valence-corrected chi connectivity index (χ1v) is 5.60. The van der Waals surface area contributed by atoms with Crippen molar-refractivity contribution in [3.05, 3.63) is 35.9 Å². The summed E-state index contributed by atoms with van der Waals surface area (Å²) >= 11 is 0. The Morgan fingerprint density at radius 3 is 2.59 bits per heavy atom. The van der Waals surface area contributed by atoms with Gasteiger partial charge in [-0.05, 0) is 38.1 Å². The van der Waals surface area contributed by atoms with Crippen LogP contribution >= 0.6 is 0 Å². The summed E-state index contributed by atoms with van der Waals surface area (Å²) in [6.45, 7) is 4.84. The lowest BCUT2D eigenvalue weighted by Gasteiger charge is -2.06. The Kier molecular flexibility index (Phi) is 3.39. The van der Waals surface area contributed by atoms with E-state index in [1.54, 1.807) is 4.68 Å². The number of aromatic nitrogens is 3. The minimum atomic E-state index is 0.369. The molecule has 1 aromatic heterocycles. The van der Waals surface area contributed by atoms with Gasteiger partial charge in [-0.2, -0.15) is 5.10 Å². The van der Waals surface area contributed by atoms with Gasteiger partial charge in [0, 0.05) is 0 Å². The van der Waals surface area contributed by atoms with E-state index in [0.717, 1.165) is 23.1 Å². The molecule has 5 heteroatoms. The average molecular weight is 232 g/mol. The summed E-state index contributed by atoms with van der Waals surface area (Å²) in [6, 6.07) is 7.71. The van der Waals surface area contributed by atoms with Crippen molar-refractivity contribution < 1.29 is 4.74 Å². The fraction of sp³-hybridized carbons (Fsp3) is 0.333. The molecule has 0 fully saturated rings. The van der Waals surface area contributed by atoms with Crippen LogP contribution in [-0.2, 0) is 6.54 Å². The molecule has 0 unspecified atom stereocenters. The maximum atomic E-state index is 5.63. The van der Waals surface area contributed by atoms with Crippen molar-refractivity contribution in [3.8, 4) is 11.4 Å². The summed E-state index contributed by atoms with van der Waals surface area (Å²) in [7, 11) is 0. The van der Waals surface area contributed by atoms with Gasteiger partial charge in [-0.25, -0.2) is 9.67 Å². The number of benzene rings is 1. The first-order valence-electron chi connectivity index (χ1n) is 5.60. The molecular formula is C12H16N4O. The van der Waals surface area contributed by atoms with Crippen LogP contribution in [0.2, 0.25) is 0 Å². The Balaban J connectivity index is 2.32. The molecule has 2 N–H and O–H groups in total. The van der Waals surface area contributed by atoms with Gasteiger partial charge in [-0.15, -0.1) is 0 Å². The lowest BCUT2D eigenvalue weighted by molar-refractivity contribution is 0.340. The number of nitrogens with zero attached hydrogens (tertiary/aromatic N) is 3. The van der Waals surface area contributed by atoms with E-state index in [-0.39, 0.29) is 0 Å². The molecule has 0 aliphatic heterocycles. The van der Waals surface area contributed by atoms with Crippen LogP contribution < -0.4 is 10.5 Å². The van der Waals surface area contributed by atoms with Gasteiger partial charge >= 0.3 is 0 Å². The summed E-state index contributed by atoms with van der Waals surface area (Å²) in [6.07, 6.45) is 0. The number of nitrogens with two attached hydrogens (primary N) is 1. The first kappa shape index (κ1) is 11.6. The topological polar surface area (TPSA) is 66.0 Å². The Morgan fingerprint density at radius 1 is 1.29 bits per heavy atom. The molecule has 0 aliphatic rings. The SMILES string of the molecule is CCOc1ccc(-n2nc(C)nc2CN)cc1. The first-order chi connectivity index (χ1) is 8.24. The number of hydrogen-bond acceptors (Lipinski definition) is 4. The van der Waals surface area contributed by atoms with Crippen LogP contribution in [0.15, 0.2) is 24.3 Å². The molecule has 0 aliphatic carbocycles. The highest BCUT2D eigenvalue weighted by Gasteiger charge is 2.07. The fourth-order valence-electron chi connectivity index (χ4n) is 1.65. The highest BCUT2D eigenvalue weighted by molar-refractivity contribution is 5.37. The molecule has 0 saturated carbocycles. The summed E-state index contributed by atoms with van der Waals surface area (Å²) < 4.78 is 7.14. The van der Waals surface area contributed by atoms with Gasteiger partial charge in [0.1, 0.15) is 17.4 Å². The number of rotatable bonds is 4. The largest absolute Gasteiger partial charge is 0.494 e. The lowest BCUT2D eigenvalue weighted by Crippen LogP contribution is -2.07. The van der Waals surface area contributed by atoms with Crippen molar-refractivity contribution in [2.45, 2.75) is 20.4 Å². The summed E-state index contributed by atoms with van der Waals surface area (Å²) in [5, 5.41) is 4.31. The molecule has 1 aromatic carbocycles. The lowest BCUT2D eigenvalue weighted by atomic mass is 10.3. The average Bonchev–Trinajstić information content (AvgIpc) is 2.72. The zero-order valence-corrected chi connectivity index (χ0v) is 10.1. The molecule has 2 rings (SSSR count). The molecule has 0 amide bonds. The van der Waals surface area contributed by atoms with Crippen LogP contribution in [0, 0.1) is 6.92 Å². The maximum Gasteiger partial charge on any atom is 0.148 e. The summed E-state index contributed by atoms with van der Waals surface area (Å²) in [4.78, 5) is 4.26. The number of aryl methyl sites for hydroxylation is 1. The molecule has 0 spiro atoms. The molecule has 90 valence electrons. The maximum absolute atomic E-state index is 5.63. The van der Waals surface area contributed by atoms with Crippen LogP contribution in [0.25, 0.3) is 5.69 Å². The number of hydrogen-bond donors (Lipinski definition) is 1. The predicted octanol–water partition coefficient (Wildman–Crippen LogP) is 1.43. The van der Waals surface area contributed by atoms with E-state index in [1.807, 2.05) is 38.1 Å². The van der Waals surface area contributed by atoms with Gasteiger partial charge in [0.25, 0.3) is 0 Å². The van der Waals surface area contributed by atoms with E-state index in [4.69, 9.17) is 10.5 Å². The number of ether oxygens (including phenoxy) is 1. The second kappa shape index (κ2) is 4.97. The zero-order chi connectivity index (χ0) is 12.3. The van der Waals surface area contributed by atoms with E-state index >= 15 is 0 Å². The van der Waals surface area contributed by atoms with Gasteiger partial charge in [0.15, 0.2) is 0 Å². The Morgan fingerprint density at radius 2 is 2.00 bits per heavy atom. The molecular weight excluding hydrogens is 216 g/mol. The van der Waals surface area contributed by atoms with E-state index in [2.05, 4.69) is 10.1 Å². The van der Waals surface area contributed by atoms with E-state index in [9.17, 15) is 0 Å². The van der Waals surface area contributed by atoms with Gasteiger partial charge in [-0.3, -0.25) is 0 Å². The van der Waals surface area contributed by atoms with Crippen molar-refractivity contribution in [3.63, 3.8) is 0 Å². The fourth-order valence-corrected chi connectivity index (χ4v) is 1.65. The summed E-state index contributed by atoms with van der Waals surface area (Å²) in [5.41, 5.74) is 6.57. The predicted molar refractivity (Wildman–Crippen MR) is 65.2 cm³/mol. The smallest absolute Gasteiger partial charge is 0.148 e. The summed E-state index contributed by atoms with van der Waals surface area (Å²) in [5.74, 6) is 2.33. The molecule has 0 atom stereocenters. The minimum absolute atomic E-state index is 0.369. The van der Waals surface area contributed by atoms with Crippen molar-refractivity contribution in [2.24, 2.45) is 5.73 Å². The molecule has 17 heavy (non-hydrogen) atoms. The monoisotopic (exact) mass is 232 g/mol. The zero-order valence-electron chi connectivity index (χ0n) is 10.1. The van der Waals surface area contributed by atoms with Gasteiger partial charge in [0.05, 0.1) is 18.8 Å². The quantitative estimate of drug-likeness (QED) is 0.866. The molecule has 1 heterocycles. The van der Waals surface area contributed by atoms with E-state index in [0.29, 0.717) is 13.2 Å². The second-order valence-corrected chi connectivity index (χ2v) is 3.62. The Labute approximate surface area is 100 Å². The molecule has 0 saturated heterocycles. The van der Waals surface area contributed by atoms with Crippen LogP contribution in [0.3, 0.4) is 0 Å². The van der Waals surface area contributed by atoms with Crippen LogP contribution in [-0.4, -0.2) is 21.4 Å². The van der Waals surface area contributed by atoms with E-state index < -0.39 is 0 Å². The highest BCUT2D eigenvalue weighted by atomic mass is 16.5. The van der Waals surface area contributed by atoms with Crippen LogP contribution in [0.5, 0.6) is 5.75 Å². The Hall–Kier alpha value is -1.88. The second-order valence-electron chi connectivity index (χ2n) is 3.62. The third-order valence-corrected chi connectivity index (χ3v) is 2.35.